The van der Waals surface area contributed by atoms with Crippen LogP contribution in [-0.2, 0) is 16.0 Å². The quantitative estimate of drug-likeness (QED) is 0.571. The zero-order valence-electron chi connectivity index (χ0n) is 16.4. The lowest BCUT2D eigenvalue weighted by Crippen LogP contribution is -2.24. The first kappa shape index (κ1) is 22.8. The summed E-state index contributed by atoms with van der Waals surface area (Å²) in [6.07, 6.45) is 1.18. The SMILES string of the molecule is CCc1ccc(OCC2=C(c3ccc(Cl)cc3)CCC(F)(F)C2)cc1C.O=C=O. The maximum absolute atomic E-state index is 14.0. The van der Waals surface area contributed by atoms with Gasteiger partial charge in [-0.3, -0.25) is 0 Å². The lowest BCUT2D eigenvalue weighted by molar-refractivity contribution is -0.191. The lowest BCUT2D eigenvalue weighted by Gasteiger charge is -2.27. The highest BCUT2D eigenvalue weighted by atomic mass is 35.5. The Morgan fingerprint density at radius 1 is 1.14 bits per heavy atom. The molecule has 2 aromatic rings. The van der Waals surface area contributed by atoms with Crippen LogP contribution in [0.3, 0.4) is 0 Å². The highest BCUT2D eigenvalue weighted by molar-refractivity contribution is 6.30. The molecule has 154 valence electrons. The normalized spacial score (nSPS) is 15.2. The zero-order chi connectivity index (χ0) is 21.4. The molecule has 0 N–H and O–H groups in total. The van der Waals surface area contributed by atoms with E-state index in [4.69, 9.17) is 25.9 Å². The van der Waals surface area contributed by atoms with Crippen molar-refractivity contribution >= 4 is 23.3 Å². The summed E-state index contributed by atoms with van der Waals surface area (Å²) < 4.78 is 33.8. The van der Waals surface area contributed by atoms with Crippen LogP contribution in [0.5, 0.6) is 5.75 Å². The number of halogens is 3. The number of aryl methyl sites for hydroxylation is 2. The molecule has 0 heterocycles. The molecule has 0 spiro atoms. The molecule has 0 aromatic heterocycles. The minimum absolute atomic E-state index is 0.126. The fourth-order valence-electron chi connectivity index (χ4n) is 3.45. The Hall–Kier alpha value is -2.49. The van der Waals surface area contributed by atoms with Gasteiger partial charge < -0.3 is 4.74 Å². The summed E-state index contributed by atoms with van der Waals surface area (Å²) in [4.78, 5) is 16.2. The van der Waals surface area contributed by atoms with Crippen LogP contribution < -0.4 is 4.74 Å². The molecule has 0 atom stereocenters. The molecular weight excluding hydrogens is 398 g/mol. The van der Waals surface area contributed by atoms with Gasteiger partial charge in [-0.2, -0.15) is 9.59 Å². The molecule has 0 radical (unpaired) electrons. The average molecular weight is 421 g/mol. The van der Waals surface area contributed by atoms with Gasteiger partial charge in [0, 0.05) is 17.9 Å². The molecule has 29 heavy (non-hydrogen) atoms. The van der Waals surface area contributed by atoms with Crippen LogP contribution in [0.4, 0.5) is 8.78 Å². The van der Waals surface area contributed by atoms with Crippen molar-refractivity contribution in [3.63, 3.8) is 0 Å². The van der Waals surface area contributed by atoms with E-state index >= 15 is 0 Å². The predicted octanol–water partition coefficient (Wildman–Crippen LogP) is 6.28. The summed E-state index contributed by atoms with van der Waals surface area (Å²) in [6.45, 7) is 4.33. The summed E-state index contributed by atoms with van der Waals surface area (Å²) in [6, 6.07) is 13.3. The molecule has 0 amide bonds. The molecule has 1 aliphatic rings. The van der Waals surface area contributed by atoms with Gasteiger partial charge in [0.25, 0.3) is 5.92 Å². The third-order valence-corrected chi connectivity index (χ3v) is 5.19. The number of allylic oxidation sites excluding steroid dienone is 1. The van der Waals surface area contributed by atoms with Crippen molar-refractivity contribution in [2.75, 3.05) is 6.61 Å². The summed E-state index contributed by atoms with van der Waals surface area (Å²) in [5.74, 6) is -1.95. The molecule has 3 rings (SSSR count). The van der Waals surface area contributed by atoms with E-state index < -0.39 is 5.92 Å². The second-order valence-corrected chi connectivity index (χ2v) is 7.37. The van der Waals surface area contributed by atoms with Crippen LogP contribution in [0.1, 0.15) is 42.9 Å². The standard InChI is InChI=1S/C22H23ClF2O.CO2/c1-3-16-6-9-20(12-15(16)2)26-14-18-13-22(24,25)11-10-21(18)17-4-7-19(23)8-5-17;2-1-3/h4-9,12H,3,10-11,13-14H2,1-2H3;. The fraction of sp³-hybridized carbons (Fsp3) is 0.348. The van der Waals surface area contributed by atoms with E-state index in [-0.39, 0.29) is 25.6 Å². The number of ether oxygens (including phenoxy) is 1. The molecule has 0 saturated heterocycles. The third-order valence-electron chi connectivity index (χ3n) is 4.94. The molecule has 1 aliphatic carbocycles. The van der Waals surface area contributed by atoms with Crippen LogP contribution in [0.2, 0.25) is 5.02 Å². The van der Waals surface area contributed by atoms with Crippen LogP contribution in [0.25, 0.3) is 5.57 Å². The van der Waals surface area contributed by atoms with Crippen molar-refractivity contribution in [2.24, 2.45) is 0 Å². The van der Waals surface area contributed by atoms with Gasteiger partial charge in [0.2, 0.25) is 0 Å². The summed E-state index contributed by atoms with van der Waals surface area (Å²) >= 11 is 5.95. The molecule has 0 unspecified atom stereocenters. The number of rotatable bonds is 5. The molecule has 0 aliphatic heterocycles. The summed E-state index contributed by atoms with van der Waals surface area (Å²) in [5.41, 5.74) is 4.99. The Morgan fingerprint density at radius 2 is 1.79 bits per heavy atom. The van der Waals surface area contributed by atoms with Crippen molar-refractivity contribution in [2.45, 2.75) is 45.5 Å². The smallest absolute Gasteiger partial charge is 0.373 e. The van der Waals surface area contributed by atoms with E-state index in [0.717, 1.165) is 28.9 Å². The number of hydrogen-bond donors (Lipinski definition) is 0. The van der Waals surface area contributed by atoms with Crippen LogP contribution >= 0.6 is 11.6 Å². The molecule has 6 heteroatoms. The average Bonchev–Trinajstić information content (AvgIpc) is 2.67. The zero-order valence-corrected chi connectivity index (χ0v) is 17.2. The van der Waals surface area contributed by atoms with Gasteiger partial charge in [-0.15, -0.1) is 0 Å². The monoisotopic (exact) mass is 420 g/mol. The van der Waals surface area contributed by atoms with E-state index in [9.17, 15) is 8.78 Å². The van der Waals surface area contributed by atoms with E-state index in [2.05, 4.69) is 6.92 Å². The van der Waals surface area contributed by atoms with E-state index in [1.54, 1.807) is 12.1 Å². The van der Waals surface area contributed by atoms with Gasteiger partial charge in [-0.1, -0.05) is 36.7 Å². The number of hydrogen-bond acceptors (Lipinski definition) is 3. The van der Waals surface area contributed by atoms with Crippen molar-refractivity contribution < 1.29 is 23.1 Å². The topological polar surface area (TPSA) is 43.4 Å². The van der Waals surface area contributed by atoms with E-state index in [1.807, 2.05) is 37.3 Å². The van der Waals surface area contributed by atoms with Gasteiger partial charge in [-0.25, -0.2) is 8.78 Å². The second kappa shape index (κ2) is 10.3. The fourth-order valence-corrected chi connectivity index (χ4v) is 3.58. The number of alkyl halides is 2. The van der Waals surface area contributed by atoms with Crippen LogP contribution in [0, 0.1) is 6.92 Å². The van der Waals surface area contributed by atoms with E-state index in [0.29, 0.717) is 17.0 Å². The highest BCUT2D eigenvalue weighted by Crippen LogP contribution is 2.41. The lowest BCUT2D eigenvalue weighted by atomic mass is 9.85. The summed E-state index contributed by atoms with van der Waals surface area (Å²) in [5, 5.41) is 0.639. The van der Waals surface area contributed by atoms with Gasteiger partial charge in [-0.05, 0) is 71.9 Å². The molecular formula is C23H23ClF2O3. The van der Waals surface area contributed by atoms with Gasteiger partial charge >= 0.3 is 6.15 Å². The predicted molar refractivity (Wildman–Crippen MR) is 108 cm³/mol. The molecule has 0 bridgehead atoms. The van der Waals surface area contributed by atoms with Gasteiger partial charge in [0.1, 0.15) is 12.4 Å². The number of carbonyl (C=O) groups excluding carboxylic acids is 2. The summed E-state index contributed by atoms with van der Waals surface area (Å²) in [7, 11) is 0. The Labute approximate surface area is 174 Å². The van der Waals surface area contributed by atoms with E-state index in [1.165, 1.54) is 5.56 Å². The second-order valence-electron chi connectivity index (χ2n) is 6.94. The first-order chi connectivity index (χ1) is 13.8. The molecule has 2 aromatic carbocycles. The van der Waals surface area contributed by atoms with Gasteiger partial charge in [0.15, 0.2) is 0 Å². The van der Waals surface area contributed by atoms with Crippen molar-refractivity contribution in [3.8, 4) is 5.75 Å². The maximum Gasteiger partial charge on any atom is 0.373 e. The van der Waals surface area contributed by atoms with Crippen LogP contribution in [0.15, 0.2) is 48.0 Å². The van der Waals surface area contributed by atoms with Crippen LogP contribution in [-0.4, -0.2) is 18.7 Å². The first-order valence-electron chi connectivity index (χ1n) is 9.36. The molecule has 3 nitrogen and oxygen atoms in total. The first-order valence-corrected chi connectivity index (χ1v) is 9.73. The Kier molecular flexibility index (Phi) is 8.12. The Bertz CT molecular complexity index is 899. The minimum atomic E-state index is -2.67. The number of benzene rings is 2. The minimum Gasteiger partial charge on any atom is -0.489 e. The largest absolute Gasteiger partial charge is 0.489 e. The molecule has 0 saturated carbocycles. The Balaban J connectivity index is 0.000000941. The maximum atomic E-state index is 14.0. The van der Waals surface area contributed by atoms with Gasteiger partial charge in [0.05, 0.1) is 0 Å². The van der Waals surface area contributed by atoms with Crippen molar-refractivity contribution in [1.82, 2.24) is 0 Å². The molecule has 0 fully saturated rings. The Morgan fingerprint density at radius 3 is 2.38 bits per heavy atom. The highest BCUT2D eigenvalue weighted by Gasteiger charge is 2.35. The van der Waals surface area contributed by atoms with Crippen molar-refractivity contribution in [1.29, 1.82) is 0 Å². The third kappa shape index (κ3) is 6.52. The van der Waals surface area contributed by atoms with Crippen molar-refractivity contribution in [3.05, 3.63) is 69.8 Å².